The van der Waals surface area contributed by atoms with Gasteiger partial charge < -0.3 is 4.98 Å². The van der Waals surface area contributed by atoms with Crippen LogP contribution in [0.1, 0.15) is 5.01 Å². The first-order chi connectivity index (χ1) is 7.86. The average molecular weight is 294 g/mol. The van der Waals surface area contributed by atoms with Gasteiger partial charge in [0.05, 0.1) is 28.4 Å². The van der Waals surface area contributed by atoms with Crippen LogP contribution in [0.4, 0.5) is 0 Å². The van der Waals surface area contributed by atoms with Gasteiger partial charge in [0, 0.05) is 10.9 Å². The van der Waals surface area contributed by atoms with Gasteiger partial charge in [0.25, 0.3) is 0 Å². The van der Waals surface area contributed by atoms with Crippen LogP contribution in [0.25, 0.3) is 22.3 Å². The molecule has 0 fully saturated rings. The van der Waals surface area contributed by atoms with Crippen LogP contribution in [0.15, 0.2) is 29.9 Å². The summed E-state index contributed by atoms with van der Waals surface area (Å²) in [5.41, 5.74) is 4.18. The molecule has 0 atom stereocenters. The number of halogens is 1. The minimum absolute atomic E-state index is 0.809. The Morgan fingerprint density at radius 3 is 3.12 bits per heavy atom. The Hall–Kier alpha value is -1.20. The van der Waals surface area contributed by atoms with E-state index in [4.69, 9.17) is 0 Å². The SMILES string of the molecule is BrCc1nc(-c2ccc3nc[nH]c3c2)cs1. The highest BCUT2D eigenvalue weighted by Crippen LogP contribution is 2.25. The summed E-state index contributed by atoms with van der Waals surface area (Å²) in [5, 5.41) is 3.98. The number of alkyl halides is 1. The van der Waals surface area contributed by atoms with Crippen LogP contribution >= 0.6 is 27.3 Å². The summed E-state index contributed by atoms with van der Waals surface area (Å²) in [6, 6.07) is 6.14. The van der Waals surface area contributed by atoms with Crippen LogP contribution in [0.5, 0.6) is 0 Å². The number of aromatic nitrogens is 3. The second-order valence-corrected chi connectivity index (χ2v) is 4.90. The Morgan fingerprint density at radius 1 is 1.38 bits per heavy atom. The lowest BCUT2D eigenvalue weighted by molar-refractivity contribution is 1.28. The summed E-state index contributed by atoms with van der Waals surface area (Å²) in [5.74, 6) is 0. The average Bonchev–Trinajstić information content (AvgIpc) is 2.96. The Bertz CT molecular complexity index is 629. The van der Waals surface area contributed by atoms with Gasteiger partial charge in [0.1, 0.15) is 5.01 Å². The molecule has 0 amide bonds. The molecule has 80 valence electrons. The lowest BCUT2D eigenvalue weighted by atomic mass is 10.1. The van der Waals surface area contributed by atoms with Crippen LogP contribution in [-0.4, -0.2) is 15.0 Å². The summed E-state index contributed by atoms with van der Waals surface area (Å²) < 4.78 is 0. The van der Waals surface area contributed by atoms with E-state index in [0.29, 0.717) is 0 Å². The second kappa shape index (κ2) is 3.99. The van der Waals surface area contributed by atoms with Crippen molar-refractivity contribution >= 4 is 38.3 Å². The first kappa shape index (κ1) is 9.99. The molecule has 0 aliphatic rings. The number of benzene rings is 1. The van der Waals surface area contributed by atoms with Crippen LogP contribution in [0, 0.1) is 0 Å². The number of thiazole rings is 1. The molecule has 0 unspecified atom stereocenters. The molecule has 0 aliphatic heterocycles. The summed E-state index contributed by atoms with van der Waals surface area (Å²) in [6.45, 7) is 0. The number of imidazole rings is 1. The van der Waals surface area contributed by atoms with E-state index in [1.165, 1.54) is 0 Å². The zero-order chi connectivity index (χ0) is 11.0. The Kier molecular flexibility index (Phi) is 2.49. The van der Waals surface area contributed by atoms with Crippen molar-refractivity contribution in [2.75, 3.05) is 0 Å². The number of rotatable bonds is 2. The van der Waals surface area contributed by atoms with Gasteiger partial charge >= 0.3 is 0 Å². The quantitative estimate of drug-likeness (QED) is 0.734. The van der Waals surface area contributed by atoms with E-state index in [-0.39, 0.29) is 0 Å². The van der Waals surface area contributed by atoms with E-state index in [2.05, 4.69) is 48.4 Å². The molecule has 3 aromatic rings. The van der Waals surface area contributed by atoms with Crippen molar-refractivity contribution in [3.63, 3.8) is 0 Å². The smallest absolute Gasteiger partial charge is 0.104 e. The van der Waals surface area contributed by atoms with Crippen LogP contribution in [0.3, 0.4) is 0 Å². The predicted molar refractivity (Wildman–Crippen MR) is 69.8 cm³/mol. The van der Waals surface area contributed by atoms with Crippen molar-refractivity contribution in [3.8, 4) is 11.3 Å². The highest BCUT2D eigenvalue weighted by atomic mass is 79.9. The Balaban J connectivity index is 2.10. The molecule has 0 aliphatic carbocycles. The number of H-pyrrole nitrogens is 1. The molecule has 0 saturated heterocycles. The molecule has 5 heteroatoms. The van der Waals surface area contributed by atoms with Crippen molar-refractivity contribution in [1.29, 1.82) is 0 Å². The normalized spacial score (nSPS) is 11.1. The first-order valence-corrected chi connectivity index (χ1v) is 6.81. The number of nitrogens with one attached hydrogen (secondary N) is 1. The fourth-order valence-corrected chi connectivity index (χ4v) is 2.77. The lowest BCUT2D eigenvalue weighted by Crippen LogP contribution is -1.80. The number of aromatic amines is 1. The topological polar surface area (TPSA) is 41.6 Å². The molecule has 0 bridgehead atoms. The standard InChI is InChI=1S/C11H8BrN3S/c12-4-11-15-10(5-16-11)7-1-2-8-9(3-7)14-6-13-8/h1-3,5-6H,4H2,(H,13,14). The zero-order valence-electron chi connectivity index (χ0n) is 8.27. The molecular weight excluding hydrogens is 286 g/mol. The zero-order valence-corrected chi connectivity index (χ0v) is 10.7. The fraction of sp³-hybridized carbons (Fsp3) is 0.0909. The van der Waals surface area contributed by atoms with Crippen LogP contribution < -0.4 is 0 Å². The summed E-state index contributed by atoms with van der Waals surface area (Å²) >= 11 is 5.08. The molecule has 16 heavy (non-hydrogen) atoms. The van der Waals surface area contributed by atoms with E-state index < -0.39 is 0 Å². The summed E-state index contributed by atoms with van der Waals surface area (Å²) in [4.78, 5) is 11.8. The van der Waals surface area contributed by atoms with Crippen molar-refractivity contribution < 1.29 is 0 Å². The highest BCUT2D eigenvalue weighted by molar-refractivity contribution is 9.08. The maximum atomic E-state index is 4.53. The second-order valence-electron chi connectivity index (χ2n) is 3.39. The molecule has 3 rings (SSSR count). The highest BCUT2D eigenvalue weighted by Gasteiger charge is 2.05. The lowest BCUT2D eigenvalue weighted by Gasteiger charge is -1.96. The molecule has 0 spiro atoms. The molecule has 1 N–H and O–H groups in total. The number of hydrogen-bond acceptors (Lipinski definition) is 3. The summed E-state index contributed by atoms with van der Waals surface area (Å²) in [7, 11) is 0. The third kappa shape index (κ3) is 1.66. The van der Waals surface area contributed by atoms with E-state index in [9.17, 15) is 0 Å². The fourth-order valence-electron chi connectivity index (χ4n) is 1.60. The van der Waals surface area contributed by atoms with Gasteiger partial charge in [-0.25, -0.2) is 9.97 Å². The molecule has 2 heterocycles. The van der Waals surface area contributed by atoms with Gasteiger partial charge in [0.2, 0.25) is 0 Å². The monoisotopic (exact) mass is 293 g/mol. The third-order valence-corrected chi connectivity index (χ3v) is 4.13. The van der Waals surface area contributed by atoms with E-state index in [1.54, 1.807) is 17.7 Å². The predicted octanol–water partition coefficient (Wildman–Crippen LogP) is 3.58. The number of hydrogen-bond donors (Lipinski definition) is 1. The van der Waals surface area contributed by atoms with Crippen molar-refractivity contribution in [1.82, 2.24) is 15.0 Å². The van der Waals surface area contributed by atoms with E-state index in [0.717, 1.165) is 32.6 Å². The van der Waals surface area contributed by atoms with Crippen molar-refractivity contribution in [2.45, 2.75) is 5.33 Å². The molecule has 2 aromatic heterocycles. The van der Waals surface area contributed by atoms with Crippen LogP contribution in [-0.2, 0) is 5.33 Å². The molecular formula is C11H8BrN3S. The van der Waals surface area contributed by atoms with Gasteiger partial charge in [0.15, 0.2) is 0 Å². The molecule has 0 saturated carbocycles. The van der Waals surface area contributed by atoms with Gasteiger partial charge in [-0.2, -0.15) is 0 Å². The summed E-state index contributed by atoms with van der Waals surface area (Å²) in [6.07, 6.45) is 1.71. The van der Waals surface area contributed by atoms with E-state index >= 15 is 0 Å². The van der Waals surface area contributed by atoms with Crippen molar-refractivity contribution in [3.05, 3.63) is 34.9 Å². The maximum Gasteiger partial charge on any atom is 0.104 e. The van der Waals surface area contributed by atoms with E-state index in [1.807, 2.05) is 6.07 Å². The number of fused-ring (bicyclic) bond motifs is 1. The third-order valence-electron chi connectivity index (χ3n) is 2.38. The van der Waals surface area contributed by atoms with Crippen molar-refractivity contribution in [2.24, 2.45) is 0 Å². The largest absolute Gasteiger partial charge is 0.345 e. The first-order valence-electron chi connectivity index (χ1n) is 4.81. The van der Waals surface area contributed by atoms with Crippen LogP contribution in [0.2, 0.25) is 0 Å². The minimum atomic E-state index is 0.809. The van der Waals surface area contributed by atoms with Gasteiger partial charge in [-0.15, -0.1) is 11.3 Å². The maximum absolute atomic E-state index is 4.53. The molecule has 0 radical (unpaired) electrons. The van der Waals surface area contributed by atoms with Gasteiger partial charge in [-0.3, -0.25) is 0 Å². The Morgan fingerprint density at radius 2 is 2.31 bits per heavy atom. The number of nitrogens with zero attached hydrogens (tertiary/aromatic N) is 2. The molecule has 3 nitrogen and oxygen atoms in total. The van der Waals surface area contributed by atoms with Gasteiger partial charge in [-0.05, 0) is 12.1 Å². The van der Waals surface area contributed by atoms with Gasteiger partial charge in [-0.1, -0.05) is 22.0 Å². The molecule has 1 aromatic carbocycles. The Labute approximate surface area is 105 Å². The minimum Gasteiger partial charge on any atom is -0.345 e.